The van der Waals surface area contributed by atoms with Crippen LogP contribution in [0.1, 0.15) is 38.8 Å². The highest BCUT2D eigenvalue weighted by Crippen LogP contribution is 2.23. The Kier molecular flexibility index (Phi) is 7.17. The molecule has 30 heavy (non-hydrogen) atoms. The number of benzene rings is 2. The number of ether oxygens (including phenoxy) is 1. The van der Waals surface area contributed by atoms with E-state index in [1.165, 1.54) is 11.1 Å². The van der Waals surface area contributed by atoms with Crippen LogP contribution in [0.3, 0.4) is 0 Å². The van der Waals surface area contributed by atoms with E-state index in [1.807, 2.05) is 41.4 Å². The number of fused-ring (bicyclic) bond motifs is 2. The van der Waals surface area contributed by atoms with Crippen LogP contribution in [-0.4, -0.2) is 38.9 Å². The van der Waals surface area contributed by atoms with Crippen LogP contribution >= 0.6 is 31.9 Å². The summed E-state index contributed by atoms with van der Waals surface area (Å²) < 4.78 is 8.88. The van der Waals surface area contributed by atoms with Crippen LogP contribution in [0.5, 0.6) is 0 Å². The Labute approximate surface area is 194 Å². The van der Waals surface area contributed by atoms with Crippen molar-refractivity contribution in [2.24, 2.45) is 4.99 Å². The lowest BCUT2D eigenvalue weighted by Gasteiger charge is -2.17. The van der Waals surface area contributed by atoms with Crippen molar-refractivity contribution in [2.45, 2.75) is 52.0 Å². The monoisotopic (exact) mass is 535 g/mol. The van der Waals surface area contributed by atoms with Crippen molar-refractivity contribution in [3.63, 3.8) is 0 Å². The van der Waals surface area contributed by atoms with E-state index < -0.39 is 5.60 Å². The molecule has 1 fully saturated rings. The smallest absolute Gasteiger partial charge is 0.0860 e. The summed E-state index contributed by atoms with van der Waals surface area (Å²) in [5.41, 5.74) is 3.12. The zero-order valence-corrected chi connectivity index (χ0v) is 20.9. The van der Waals surface area contributed by atoms with E-state index in [0.717, 1.165) is 33.0 Å². The lowest BCUT2D eigenvalue weighted by Crippen LogP contribution is -2.26. The molecule has 0 radical (unpaired) electrons. The predicted molar refractivity (Wildman–Crippen MR) is 129 cm³/mol. The first-order chi connectivity index (χ1) is 14.0. The Morgan fingerprint density at radius 1 is 1.13 bits per heavy atom. The minimum atomic E-state index is -0.744. The molecule has 0 saturated carbocycles. The average molecular weight is 537 g/mol. The van der Waals surface area contributed by atoms with Gasteiger partial charge in [-0.1, -0.05) is 37.9 Å². The van der Waals surface area contributed by atoms with Gasteiger partial charge in [-0.15, -0.1) is 0 Å². The van der Waals surface area contributed by atoms with Gasteiger partial charge >= 0.3 is 0 Å². The second-order valence-corrected chi connectivity index (χ2v) is 10.5. The second-order valence-electron chi connectivity index (χ2n) is 8.68. The molecule has 5 nitrogen and oxygen atoms in total. The van der Waals surface area contributed by atoms with Crippen LogP contribution in [0.4, 0.5) is 0 Å². The fourth-order valence-electron chi connectivity index (χ4n) is 2.77. The Morgan fingerprint density at radius 2 is 1.77 bits per heavy atom. The Balaban J connectivity index is 0.000000145. The molecule has 2 aromatic carbocycles. The van der Waals surface area contributed by atoms with Crippen molar-refractivity contribution in [1.82, 2.24) is 9.78 Å². The van der Waals surface area contributed by atoms with Gasteiger partial charge in [-0.05, 0) is 69.2 Å². The summed E-state index contributed by atoms with van der Waals surface area (Å²) in [5.74, 6) is 0. The van der Waals surface area contributed by atoms with Crippen LogP contribution in [0.2, 0.25) is 0 Å². The molecule has 2 aliphatic heterocycles. The van der Waals surface area contributed by atoms with Crippen molar-refractivity contribution in [3.8, 4) is 0 Å². The van der Waals surface area contributed by atoms with Crippen LogP contribution in [0.25, 0.3) is 10.9 Å². The van der Waals surface area contributed by atoms with Gasteiger partial charge in [-0.25, -0.2) is 0 Å². The van der Waals surface area contributed by atoms with Gasteiger partial charge in [0.2, 0.25) is 0 Å². The van der Waals surface area contributed by atoms with Gasteiger partial charge in [0.25, 0.3) is 0 Å². The number of aliphatic hydroxyl groups is 1. The van der Waals surface area contributed by atoms with Gasteiger partial charge in [0.15, 0.2) is 0 Å². The molecule has 160 valence electrons. The standard InChI is InChI=1S/C11H13BrN2O.C8H6BrN.C4H8O/c1-11(2,15)7-14-10-4-3-9(12)5-8(10)6-13-14;9-8-2-1-6-4-10-5-7(6)3-8;1-4(2)3-5-4/h3-6,15H,7H2,1-2H3;1-3,5H,4H2;3H2,1-2H3. The number of aromatic nitrogens is 2. The van der Waals surface area contributed by atoms with Gasteiger partial charge in [0, 0.05) is 20.5 Å². The third-order valence-corrected chi connectivity index (χ3v) is 5.45. The summed E-state index contributed by atoms with van der Waals surface area (Å²) in [5, 5.41) is 15.1. The van der Waals surface area contributed by atoms with Crippen LogP contribution in [0.15, 0.2) is 56.5 Å². The zero-order valence-electron chi connectivity index (χ0n) is 17.7. The molecule has 0 spiro atoms. The first-order valence-electron chi connectivity index (χ1n) is 9.78. The van der Waals surface area contributed by atoms with E-state index in [2.05, 4.69) is 67.9 Å². The number of aliphatic imine (C=N–C) groups is 1. The molecule has 1 saturated heterocycles. The van der Waals surface area contributed by atoms with Gasteiger partial charge in [0.05, 0.1) is 42.6 Å². The van der Waals surface area contributed by atoms with E-state index in [4.69, 9.17) is 4.74 Å². The van der Waals surface area contributed by atoms with E-state index in [0.29, 0.717) is 6.54 Å². The third kappa shape index (κ3) is 7.01. The molecule has 3 aromatic rings. The lowest BCUT2D eigenvalue weighted by molar-refractivity contribution is 0.0591. The van der Waals surface area contributed by atoms with Crippen molar-refractivity contribution >= 4 is 49.0 Å². The predicted octanol–water partition coefficient (Wildman–Crippen LogP) is 5.75. The molecule has 3 heterocycles. The number of halogens is 2. The van der Waals surface area contributed by atoms with Gasteiger partial charge in [-0.3, -0.25) is 9.67 Å². The highest BCUT2D eigenvalue weighted by molar-refractivity contribution is 9.10. The van der Waals surface area contributed by atoms with Gasteiger partial charge in [0.1, 0.15) is 0 Å². The number of rotatable bonds is 2. The van der Waals surface area contributed by atoms with Gasteiger partial charge in [-0.2, -0.15) is 5.10 Å². The number of nitrogens with zero attached hydrogens (tertiary/aromatic N) is 3. The van der Waals surface area contributed by atoms with Crippen molar-refractivity contribution in [2.75, 3.05) is 6.61 Å². The van der Waals surface area contributed by atoms with Crippen LogP contribution < -0.4 is 0 Å². The van der Waals surface area contributed by atoms with Crippen molar-refractivity contribution in [3.05, 3.63) is 62.7 Å². The summed E-state index contributed by atoms with van der Waals surface area (Å²) in [6.07, 6.45) is 3.73. The fraction of sp³-hybridized carbons (Fsp3) is 0.391. The molecule has 0 bridgehead atoms. The molecule has 0 amide bonds. The van der Waals surface area contributed by atoms with E-state index in [-0.39, 0.29) is 5.60 Å². The third-order valence-electron chi connectivity index (χ3n) is 4.46. The minimum absolute atomic E-state index is 0.250. The van der Waals surface area contributed by atoms with E-state index in [1.54, 1.807) is 13.8 Å². The normalized spacial score (nSPS) is 15.7. The fourth-order valence-corrected chi connectivity index (χ4v) is 3.52. The highest BCUT2D eigenvalue weighted by atomic mass is 79.9. The lowest BCUT2D eigenvalue weighted by atomic mass is 10.1. The number of hydrogen-bond donors (Lipinski definition) is 1. The molecule has 7 heteroatoms. The summed E-state index contributed by atoms with van der Waals surface area (Å²) in [6.45, 7) is 10.0. The van der Waals surface area contributed by atoms with Crippen molar-refractivity contribution in [1.29, 1.82) is 0 Å². The summed E-state index contributed by atoms with van der Waals surface area (Å²) in [4.78, 5) is 4.15. The SMILES string of the molecule is Brc1ccc2c(c1)C=NC2.CC(C)(O)Cn1ncc2cc(Br)ccc21.CC1(C)CO1. The maximum Gasteiger partial charge on any atom is 0.0860 e. The molecule has 0 atom stereocenters. The summed E-state index contributed by atoms with van der Waals surface area (Å²) >= 11 is 6.82. The molecule has 1 aromatic heterocycles. The number of epoxide rings is 1. The maximum atomic E-state index is 9.73. The number of hydrogen-bond acceptors (Lipinski definition) is 4. The summed E-state index contributed by atoms with van der Waals surface area (Å²) in [7, 11) is 0. The molecule has 0 unspecified atom stereocenters. The molecule has 2 aliphatic rings. The molecular formula is C23H27Br2N3O2. The first-order valence-corrected chi connectivity index (χ1v) is 11.4. The van der Waals surface area contributed by atoms with Gasteiger partial charge < -0.3 is 9.84 Å². The zero-order chi connectivity index (χ0) is 21.9. The first kappa shape index (κ1) is 23.1. The molecule has 1 N–H and O–H groups in total. The quantitative estimate of drug-likeness (QED) is 0.424. The largest absolute Gasteiger partial charge is 0.389 e. The average Bonchev–Trinajstić information content (AvgIpc) is 3.04. The Bertz CT molecular complexity index is 1050. The maximum absolute atomic E-state index is 9.73. The molecule has 5 rings (SSSR count). The molecular weight excluding hydrogens is 510 g/mol. The topological polar surface area (TPSA) is 62.9 Å². The minimum Gasteiger partial charge on any atom is -0.389 e. The van der Waals surface area contributed by atoms with Crippen LogP contribution in [0, 0.1) is 0 Å². The molecule has 0 aliphatic carbocycles. The summed E-state index contributed by atoms with van der Waals surface area (Å²) in [6, 6.07) is 12.2. The Morgan fingerprint density at radius 3 is 2.40 bits per heavy atom. The van der Waals surface area contributed by atoms with E-state index in [9.17, 15) is 5.11 Å². The van der Waals surface area contributed by atoms with E-state index >= 15 is 0 Å². The Hall–Kier alpha value is -1.54. The highest BCUT2D eigenvalue weighted by Gasteiger charge is 2.32. The van der Waals surface area contributed by atoms with Crippen LogP contribution in [-0.2, 0) is 17.8 Å². The second kappa shape index (κ2) is 9.30. The van der Waals surface area contributed by atoms with Crippen molar-refractivity contribution < 1.29 is 9.84 Å².